The Morgan fingerprint density at radius 2 is 1.89 bits per heavy atom. The third kappa shape index (κ3) is 2.45. The highest BCUT2D eigenvalue weighted by molar-refractivity contribution is 5.26. The van der Waals surface area contributed by atoms with Gasteiger partial charge in [0.1, 0.15) is 5.83 Å². The molecule has 0 aromatic rings. The van der Waals surface area contributed by atoms with E-state index in [1.54, 1.807) is 13.8 Å². The van der Waals surface area contributed by atoms with Gasteiger partial charge in [-0.15, -0.1) is 0 Å². The molecule has 0 aliphatic heterocycles. The first kappa shape index (κ1) is 8.41. The molecule has 0 aromatic carbocycles. The SMILES string of the molecule is C=C(C)/C(C)=C(/F)CC. The largest absolute Gasteiger partial charge is 0.212 e. The van der Waals surface area contributed by atoms with Crippen molar-refractivity contribution < 1.29 is 4.39 Å². The van der Waals surface area contributed by atoms with Gasteiger partial charge in [-0.2, -0.15) is 0 Å². The molecule has 52 valence electrons. The first-order valence-corrected chi connectivity index (χ1v) is 3.10. The lowest BCUT2D eigenvalue weighted by atomic mass is 10.1. The van der Waals surface area contributed by atoms with Crippen LogP contribution in [0.15, 0.2) is 23.6 Å². The van der Waals surface area contributed by atoms with E-state index in [9.17, 15) is 4.39 Å². The van der Waals surface area contributed by atoms with Gasteiger partial charge in [0.15, 0.2) is 0 Å². The Labute approximate surface area is 56.1 Å². The van der Waals surface area contributed by atoms with Gasteiger partial charge >= 0.3 is 0 Å². The van der Waals surface area contributed by atoms with E-state index < -0.39 is 0 Å². The maximum atomic E-state index is 12.6. The molecule has 0 N–H and O–H groups in total. The van der Waals surface area contributed by atoms with Crippen LogP contribution in [0.25, 0.3) is 0 Å². The van der Waals surface area contributed by atoms with Gasteiger partial charge in [-0.05, 0) is 25.8 Å². The van der Waals surface area contributed by atoms with Gasteiger partial charge in [-0.3, -0.25) is 0 Å². The first-order valence-electron chi connectivity index (χ1n) is 3.10. The van der Waals surface area contributed by atoms with Crippen LogP contribution in [0.1, 0.15) is 27.2 Å². The van der Waals surface area contributed by atoms with Crippen molar-refractivity contribution in [2.24, 2.45) is 0 Å². The molecule has 0 nitrogen and oxygen atoms in total. The summed E-state index contributed by atoms with van der Waals surface area (Å²) in [5.41, 5.74) is 1.51. The Balaban J connectivity index is 4.28. The molecule has 0 aliphatic rings. The Morgan fingerprint density at radius 1 is 1.44 bits per heavy atom. The molecule has 0 amide bonds. The maximum absolute atomic E-state index is 12.6. The van der Waals surface area contributed by atoms with Crippen molar-refractivity contribution in [2.45, 2.75) is 27.2 Å². The fourth-order valence-electron chi connectivity index (χ4n) is 0.497. The predicted molar refractivity (Wildman–Crippen MR) is 38.9 cm³/mol. The molecule has 0 rings (SSSR count). The lowest BCUT2D eigenvalue weighted by Crippen LogP contribution is -1.81. The Morgan fingerprint density at radius 3 is 2.00 bits per heavy atom. The number of hydrogen-bond acceptors (Lipinski definition) is 0. The van der Waals surface area contributed by atoms with Crippen LogP contribution in [0.3, 0.4) is 0 Å². The highest BCUT2D eigenvalue weighted by Gasteiger charge is 1.97. The van der Waals surface area contributed by atoms with Gasteiger partial charge in [0.05, 0.1) is 0 Å². The molecule has 0 aliphatic carbocycles. The minimum Gasteiger partial charge on any atom is -0.212 e. The fourth-order valence-corrected chi connectivity index (χ4v) is 0.497. The summed E-state index contributed by atoms with van der Waals surface area (Å²) >= 11 is 0. The summed E-state index contributed by atoms with van der Waals surface area (Å²) in [4.78, 5) is 0. The van der Waals surface area contributed by atoms with Crippen LogP contribution < -0.4 is 0 Å². The van der Waals surface area contributed by atoms with Crippen molar-refractivity contribution in [3.05, 3.63) is 23.6 Å². The van der Waals surface area contributed by atoms with Crippen LogP contribution in [-0.4, -0.2) is 0 Å². The minimum atomic E-state index is -0.0532. The number of rotatable bonds is 2. The highest BCUT2D eigenvalue weighted by Crippen LogP contribution is 2.15. The minimum absolute atomic E-state index is 0.0532. The van der Waals surface area contributed by atoms with E-state index in [0.29, 0.717) is 12.0 Å². The molecular formula is C8H13F. The molecule has 0 unspecified atom stereocenters. The lowest BCUT2D eigenvalue weighted by molar-refractivity contribution is 0.594. The highest BCUT2D eigenvalue weighted by atomic mass is 19.1. The number of halogens is 1. The molecule has 0 saturated heterocycles. The van der Waals surface area contributed by atoms with E-state index in [1.165, 1.54) is 0 Å². The van der Waals surface area contributed by atoms with Gasteiger partial charge in [-0.25, -0.2) is 4.39 Å². The van der Waals surface area contributed by atoms with Crippen LogP contribution in [0.4, 0.5) is 4.39 Å². The third-order valence-electron chi connectivity index (χ3n) is 1.36. The third-order valence-corrected chi connectivity index (χ3v) is 1.36. The Bertz CT molecular complexity index is 143. The molecule has 1 heteroatoms. The average molecular weight is 128 g/mol. The first-order chi connectivity index (χ1) is 4.09. The maximum Gasteiger partial charge on any atom is 0.103 e. The van der Waals surface area contributed by atoms with E-state index in [4.69, 9.17) is 0 Å². The second-order valence-corrected chi connectivity index (χ2v) is 2.16. The van der Waals surface area contributed by atoms with Gasteiger partial charge in [0.2, 0.25) is 0 Å². The summed E-state index contributed by atoms with van der Waals surface area (Å²) in [7, 11) is 0. The van der Waals surface area contributed by atoms with Crippen molar-refractivity contribution >= 4 is 0 Å². The van der Waals surface area contributed by atoms with Crippen molar-refractivity contribution in [2.75, 3.05) is 0 Å². The standard InChI is InChI=1S/C8H13F/c1-5-8(9)7(4)6(2)3/h2,5H2,1,3-4H3/b8-7+. The fraction of sp³-hybridized carbons (Fsp3) is 0.500. The smallest absolute Gasteiger partial charge is 0.103 e. The molecular weight excluding hydrogens is 115 g/mol. The molecule has 9 heavy (non-hydrogen) atoms. The Kier molecular flexibility index (Phi) is 3.21. The van der Waals surface area contributed by atoms with E-state index in [0.717, 1.165) is 5.57 Å². The Hall–Kier alpha value is -0.590. The molecule has 0 fully saturated rings. The summed E-state index contributed by atoms with van der Waals surface area (Å²) in [6.45, 7) is 8.98. The van der Waals surface area contributed by atoms with Crippen molar-refractivity contribution in [1.29, 1.82) is 0 Å². The molecule has 0 saturated carbocycles. The molecule has 0 spiro atoms. The monoisotopic (exact) mass is 128 g/mol. The second-order valence-electron chi connectivity index (χ2n) is 2.16. The van der Waals surface area contributed by atoms with Crippen LogP contribution in [-0.2, 0) is 0 Å². The van der Waals surface area contributed by atoms with Crippen LogP contribution in [0.2, 0.25) is 0 Å². The van der Waals surface area contributed by atoms with Crippen LogP contribution in [0.5, 0.6) is 0 Å². The van der Waals surface area contributed by atoms with Crippen LogP contribution >= 0.6 is 0 Å². The topological polar surface area (TPSA) is 0 Å². The second kappa shape index (κ2) is 3.44. The van der Waals surface area contributed by atoms with Gasteiger partial charge < -0.3 is 0 Å². The molecule has 0 radical (unpaired) electrons. The molecule has 0 aromatic heterocycles. The van der Waals surface area contributed by atoms with Gasteiger partial charge in [0, 0.05) is 0 Å². The molecule has 0 atom stereocenters. The average Bonchev–Trinajstić information content (AvgIpc) is 1.84. The van der Waals surface area contributed by atoms with Gasteiger partial charge in [0.25, 0.3) is 0 Å². The number of allylic oxidation sites excluding steroid dienone is 3. The summed E-state index contributed by atoms with van der Waals surface area (Å²) in [6, 6.07) is 0. The van der Waals surface area contributed by atoms with Crippen LogP contribution in [0, 0.1) is 0 Å². The predicted octanol–water partition coefficient (Wildman–Crippen LogP) is 3.22. The normalized spacial score (nSPS) is 12.9. The van der Waals surface area contributed by atoms with E-state index in [-0.39, 0.29) is 5.83 Å². The lowest BCUT2D eigenvalue weighted by Gasteiger charge is -1.99. The van der Waals surface area contributed by atoms with Crippen molar-refractivity contribution in [3.63, 3.8) is 0 Å². The summed E-state index contributed by atoms with van der Waals surface area (Å²) < 4.78 is 12.6. The summed E-state index contributed by atoms with van der Waals surface area (Å²) in [6.07, 6.45) is 0.471. The zero-order valence-corrected chi connectivity index (χ0v) is 6.29. The zero-order chi connectivity index (χ0) is 7.44. The summed E-state index contributed by atoms with van der Waals surface area (Å²) in [5, 5.41) is 0. The molecule has 0 heterocycles. The van der Waals surface area contributed by atoms with Gasteiger partial charge in [-0.1, -0.05) is 19.1 Å². The zero-order valence-electron chi connectivity index (χ0n) is 6.29. The van der Waals surface area contributed by atoms with E-state index >= 15 is 0 Å². The molecule has 0 bridgehead atoms. The number of hydrogen-bond donors (Lipinski definition) is 0. The quantitative estimate of drug-likeness (QED) is 0.501. The van der Waals surface area contributed by atoms with Crippen molar-refractivity contribution in [3.8, 4) is 0 Å². The summed E-state index contributed by atoms with van der Waals surface area (Å²) in [5.74, 6) is -0.0532. The van der Waals surface area contributed by atoms with E-state index in [1.807, 2.05) is 6.92 Å². The van der Waals surface area contributed by atoms with Crippen molar-refractivity contribution in [1.82, 2.24) is 0 Å². The van der Waals surface area contributed by atoms with E-state index in [2.05, 4.69) is 6.58 Å².